The molecule has 0 saturated carbocycles. The van der Waals surface area contributed by atoms with Crippen molar-refractivity contribution in [2.75, 3.05) is 93.4 Å². The maximum Gasteiger partial charge on any atom is 1.00 e. The number of rotatable bonds is 21. The first-order valence-corrected chi connectivity index (χ1v) is 43.2. The number of benzene rings is 3. The molecule has 0 unspecified atom stereocenters. The number of ether oxygens (including phenoxy) is 3. The van der Waals surface area contributed by atoms with Crippen LogP contribution in [0.25, 0.3) is 99.9 Å². The Morgan fingerprint density at radius 2 is 0.860 bits per heavy atom. The van der Waals surface area contributed by atoms with Gasteiger partial charge in [-0.25, -0.2) is 73.1 Å². The third-order valence-corrected chi connectivity index (χ3v) is 19.7. The normalized spacial score (nSPS) is 11.3. The number of nitrogen functional groups attached to an aromatic ring is 7. The van der Waals surface area contributed by atoms with Gasteiger partial charge in [0.1, 0.15) is 101 Å². The van der Waals surface area contributed by atoms with Gasteiger partial charge < -0.3 is 88.8 Å². The zero-order valence-electron chi connectivity index (χ0n) is 76.3. The number of aromatic nitrogens is 19. The minimum absolute atomic E-state index is 0. The topological polar surface area (TPSA) is 571 Å². The molecule has 14 aromatic rings. The molecular weight excluding hydrogens is 1990 g/mol. The van der Waals surface area contributed by atoms with Crippen LogP contribution in [0.3, 0.4) is 0 Å². The third-order valence-electron chi connectivity index (χ3n) is 17.6. The fraction of sp³-hybridized carbons (Fsp3) is 0.444. The minimum atomic E-state index is -5.08. The standard InChI is InChI=1S/C22H28N8O3.C18H21N7O.C15H23IN6O2.C10H20BrNO2.C8H8N2O.C5H4IN5.C2HF3O2.CH3F.Na.H/c1-22(2,3)33-21(31)29(4)9-5-6-10-30-19-16(18(23)25-12-26-19)17(28-30)13-7-8-15-14(11-13)27-20(24)32-15;1-2-3-4-5-8-25-17-14(16(19)21-10-22-17)15(24-25)11-6-7-13-12(9-11)23-18(20)26-13;1-15(2,3)24-14(23)21(4)7-5-6-8-22-13-10(11(16)20-22)12(17)18-9-19-13;1-10(2,3)14-9(13)12(4)8-6-5-7-11;1-5-2-3-7-6(4-5)10-8(9)11-7;6-3-2-4(7)8-1-9-5(2)11-10-3;3-2(4,5)1(6)7;1-2;;/h7-8,11-12H,5-6,9-10H2,1-4H3,(H2,24,27)(H2,23,25,26);6-7,9-10H,2-5,8H2,1H3,(H2,20,23)(H2,19,21,22);9H,5-8H2,1-4H3,(H2,17,18,19);5-8H2,1-4H3;2-4H,1H3,(H2,9,10);1H,(H3,7,8,9,10,11);(H,6,7);1H3;;/q;;;;;;;;+1;-1/i;;;;;;;1D;;. The number of amides is 3. The first-order valence-electron chi connectivity index (χ1n) is 40.6. The predicted octanol–water partition coefficient (Wildman–Crippen LogP) is 13.1. The number of hydrogen-bond donors (Lipinski definition) is 9. The Labute approximate surface area is 800 Å². The number of unbranched alkanes of at least 4 members (excludes halogenated alkanes) is 6. The molecule has 0 aliphatic carbocycles. The van der Waals surface area contributed by atoms with Crippen LogP contribution in [0.5, 0.6) is 0 Å². The number of halogens is 7. The van der Waals surface area contributed by atoms with Gasteiger partial charge in [-0.1, -0.05) is 48.2 Å². The third kappa shape index (κ3) is 32.2. The van der Waals surface area contributed by atoms with Crippen molar-refractivity contribution in [2.45, 2.75) is 183 Å². The summed E-state index contributed by atoms with van der Waals surface area (Å²) in [5, 5.41) is 31.8. The Hall–Kier alpha value is -11.2. The summed E-state index contributed by atoms with van der Waals surface area (Å²) >= 11 is 7.59. The number of carboxylic acid groups (broad SMARTS) is 1. The van der Waals surface area contributed by atoms with Crippen LogP contribution in [0, 0.1) is 14.3 Å². The number of carbonyl (C=O) groups is 4. The quantitative estimate of drug-likeness (QED) is 0.00805. The van der Waals surface area contributed by atoms with Crippen LogP contribution in [-0.4, -0.2) is 215 Å². The molecule has 14 rings (SSSR count). The van der Waals surface area contributed by atoms with E-state index in [4.69, 9.17) is 89.1 Å². The molecule has 0 atom stereocenters. The van der Waals surface area contributed by atoms with Crippen LogP contribution < -0.4 is 69.7 Å². The number of aryl methyl sites for hydroxylation is 4. The van der Waals surface area contributed by atoms with Crippen molar-refractivity contribution < 1.29 is 102 Å². The van der Waals surface area contributed by atoms with Crippen molar-refractivity contribution in [3.63, 3.8) is 0 Å². The summed E-state index contributed by atoms with van der Waals surface area (Å²) in [5.74, 6) is -1.07. The number of nitrogens with one attached hydrogen (secondary N) is 1. The molecule has 0 aliphatic rings. The van der Waals surface area contributed by atoms with Crippen molar-refractivity contribution in [1.82, 2.24) is 109 Å². The zero-order chi connectivity index (χ0) is 95.4. The van der Waals surface area contributed by atoms with Crippen LogP contribution in [-0.2, 0) is 38.6 Å². The number of nitrogens with two attached hydrogens (primary N) is 7. The SMILES string of the molecule is CCCCCCn1nc(-c2ccc3oc(N)nc3c2)c2c(N)ncnc21.CN(CCCCBr)C(=O)OC(C)(C)C.CN(CCCCn1nc(-c2ccc3oc(N)nc3c2)c2c(N)ncnc21)C(=O)OC(C)(C)C.CN(CCCCn1nc(I)c2c(N)ncnc21)C(=O)OC(C)(C)C.Cc1ccc2oc(N)nc2c1.Nc1ncnc2n[nH]c(I)c12.O=C(O)C(F)(F)F.[2H]CF.[H-].[Na+]. The smallest absolute Gasteiger partial charge is 1.00 e. The Kier molecular flexibility index (Phi) is 39.8. The molecule has 0 bridgehead atoms. The van der Waals surface area contributed by atoms with E-state index in [0.29, 0.717) is 94.0 Å². The van der Waals surface area contributed by atoms with Crippen molar-refractivity contribution in [2.24, 2.45) is 0 Å². The number of anilines is 7. The fourth-order valence-corrected chi connectivity index (χ4v) is 13.5. The van der Waals surface area contributed by atoms with Gasteiger partial charge in [-0.2, -0.15) is 48.5 Å². The molecule has 48 heteroatoms. The summed E-state index contributed by atoms with van der Waals surface area (Å²) in [6, 6.07) is 17.4. The van der Waals surface area contributed by atoms with E-state index in [1.165, 1.54) is 38.2 Å². The largest absolute Gasteiger partial charge is 1.00 e. The Morgan fingerprint density at radius 1 is 0.519 bits per heavy atom. The van der Waals surface area contributed by atoms with Gasteiger partial charge in [-0.3, -0.25) is 9.49 Å². The van der Waals surface area contributed by atoms with Crippen molar-refractivity contribution >= 4 is 204 Å². The van der Waals surface area contributed by atoms with Gasteiger partial charge in [0.05, 0.1) is 30.1 Å². The average Bonchev–Trinajstić information content (AvgIpc) is 1.62. The second kappa shape index (κ2) is 49.0. The molecular formula is C81H109BrF4I2N29NaO11. The number of nitrogens with zero attached hydrogens (tertiary/aromatic N) is 21. The van der Waals surface area contributed by atoms with Gasteiger partial charge in [0, 0.05) is 76.9 Å². The van der Waals surface area contributed by atoms with E-state index in [0.717, 1.165) is 138 Å². The Bertz CT molecular complexity index is 6040. The molecule has 0 spiro atoms. The molecule has 0 fully saturated rings. The summed E-state index contributed by atoms with van der Waals surface area (Å²) in [6.07, 6.45) is 9.75. The average molecular weight is 2100 g/mol. The molecule has 3 amide bonds. The molecule has 129 heavy (non-hydrogen) atoms. The van der Waals surface area contributed by atoms with Crippen LogP contribution in [0.4, 0.5) is 73.3 Å². The van der Waals surface area contributed by atoms with Crippen LogP contribution in [0.1, 0.15) is 142 Å². The summed E-state index contributed by atoms with van der Waals surface area (Å²) in [6.45, 7) is 25.0. The van der Waals surface area contributed by atoms with Gasteiger partial charge >= 0.3 is 60.0 Å². The van der Waals surface area contributed by atoms with Gasteiger partial charge in [0.15, 0.2) is 39.3 Å². The van der Waals surface area contributed by atoms with Crippen molar-refractivity contribution in [3.8, 4) is 22.5 Å². The minimum Gasteiger partial charge on any atom is -1.00 e. The predicted molar refractivity (Wildman–Crippen MR) is 503 cm³/mol. The van der Waals surface area contributed by atoms with Crippen molar-refractivity contribution in [1.29, 1.82) is 0 Å². The van der Waals surface area contributed by atoms with E-state index in [1.807, 2.05) is 132 Å². The first kappa shape index (κ1) is 105. The summed E-state index contributed by atoms with van der Waals surface area (Å²) in [5.41, 5.74) is 50.2. The maximum atomic E-state index is 12.1. The van der Waals surface area contributed by atoms with Crippen LogP contribution in [0.15, 0.2) is 93.2 Å². The molecule has 3 aromatic carbocycles. The van der Waals surface area contributed by atoms with E-state index in [1.54, 1.807) is 41.9 Å². The second-order valence-electron chi connectivity index (χ2n) is 31.4. The van der Waals surface area contributed by atoms with E-state index < -0.39 is 36.1 Å². The maximum absolute atomic E-state index is 12.1. The number of fused-ring (bicyclic) bond motifs is 7. The van der Waals surface area contributed by atoms with Crippen molar-refractivity contribution in [3.05, 3.63) is 92.9 Å². The molecule has 0 radical (unpaired) electrons. The molecule has 16 N–H and O–H groups in total. The number of oxazole rings is 3. The number of carbonyl (C=O) groups excluding carboxylic acids is 3. The van der Waals surface area contributed by atoms with Crippen LogP contribution in [0.2, 0.25) is 0 Å². The fourth-order valence-electron chi connectivity index (χ4n) is 11.6. The number of H-pyrrole nitrogens is 1. The molecule has 11 aromatic heterocycles. The Balaban J connectivity index is 0.000000282. The Morgan fingerprint density at radius 3 is 1.23 bits per heavy atom. The number of aliphatic carboxylic acids is 1. The van der Waals surface area contributed by atoms with Gasteiger partial charge in [-0.05, 0) is 213 Å². The number of alkyl halides is 5. The number of aromatic amines is 1. The summed E-state index contributed by atoms with van der Waals surface area (Å²) < 4.78 is 86.2. The summed E-state index contributed by atoms with van der Waals surface area (Å²) in [4.78, 5) is 94.7. The molecule has 694 valence electrons. The van der Waals surface area contributed by atoms with Crippen LogP contribution >= 0.6 is 61.1 Å². The van der Waals surface area contributed by atoms with Gasteiger partial charge in [0.25, 0.3) is 18.0 Å². The monoisotopic (exact) mass is 2100 g/mol. The van der Waals surface area contributed by atoms with E-state index >= 15 is 0 Å². The van der Waals surface area contributed by atoms with Gasteiger partial charge in [0.2, 0.25) is 0 Å². The van der Waals surface area contributed by atoms with E-state index in [2.05, 4.69) is 138 Å². The molecule has 11 heterocycles. The first-order chi connectivity index (χ1) is 60.7. The molecule has 40 nitrogen and oxygen atoms in total. The van der Waals surface area contributed by atoms with E-state index in [-0.39, 0.29) is 67.3 Å². The second-order valence-corrected chi connectivity index (χ2v) is 34.3. The molecule has 0 aliphatic heterocycles. The molecule has 0 saturated heterocycles. The summed E-state index contributed by atoms with van der Waals surface area (Å²) in [7, 11) is 4.24. The number of hydrogen-bond acceptors (Lipinski definition) is 32. The zero-order valence-corrected chi connectivity index (χ0v) is 82.2. The van der Waals surface area contributed by atoms with Gasteiger partial charge in [-0.15, -0.1) is 0 Å². The van der Waals surface area contributed by atoms with E-state index in [9.17, 15) is 31.9 Å². The number of carboxylic acids is 1.